The van der Waals surface area contributed by atoms with E-state index >= 15 is 0 Å². The first-order chi connectivity index (χ1) is 13.0. The number of carboxylic acids is 1. The van der Waals surface area contributed by atoms with Gasteiger partial charge < -0.3 is 10.4 Å². The van der Waals surface area contributed by atoms with Crippen molar-refractivity contribution < 1.29 is 14.7 Å². The molecule has 0 aliphatic rings. The number of nitrogens with one attached hydrogen (secondary N) is 1. The summed E-state index contributed by atoms with van der Waals surface area (Å²) < 4.78 is 2.85. The number of benzene rings is 1. The molecule has 140 valence electrons. The zero-order chi connectivity index (χ0) is 19.2. The Balaban J connectivity index is 1.63. The van der Waals surface area contributed by atoms with E-state index in [0.29, 0.717) is 30.7 Å². The van der Waals surface area contributed by atoms with Gasteiger partial charge in [-0.1, -0.05) is 18.2 Å². The lowest BCUT2D eigenvalue weighted by Gasteiger charge is -2.07. The molecule has 0 spiro atoms. The zero-order valence-corrected chi connectivity index (χ0v) is 14.7. The number of carbonyl (C=O) groups excluding carboxylic acids is 1. The van der Waals surface area contributed by atoms with Gasteiger partial charge in [-0.15, -0.1) is 5.10 Å². The van der Waals surface area contributed by atoms with Crippen molar-refractivity contribution >= 4 is 23.2 Å². The van der Waals surface area contributed by atoms with E-state index in [1.807, 2.05) is 12.1 Å². The molecule has 27 heavy (non-hydrogen) atoms. The molecule has 0 radical (unpaired) electrons. The number of rotatable bonds is 8. The lowest BCUT2D eigenvalue weighted by Crippen LogP contribution is -2.21. The maximum Gasteiger partial charge on any atom is 0.350 e. The number of hydrogen-bond acceptors (Lipinski definition) is 4. The molecule has 1 aromatic carbocycles. The van der Waals surface area contributed by atoms with Crippen LogP contribution < -0.4 is 11.0 Å². The Morgan fingerprint density at radius 2 is 1.89 bits per heavy atom. The van der Waals surface area contributed by atoms with Crippen molar-refractivity contribution in [3.8, 4) is 0 Å². The highest BCUT2D eigenvalue weighted by Crippen LogP contribution is 2.13. The summed E-state index contributed by atoms with van der Waals surface area (Å²) in [6, 6.07) is 12.6. The number of hydrogen-bond donors (Lipinski definition) is 2. The van der Waals surface area contributed by atoms with Gasteiger partial charge in [0.25, 0.3) is 0 Å². The number of unbranched alkanes of at least 4 members (excludes halogenated alkanes) is 1. The Hall–Kier alpha value is -3.42. The molecule has 0 bridgehead atoms. The first-order valence-electron chi connectivity index (χ1n) is 8.68. The van der Waals surface area contributed by atoms with Crippen LogP contribution in [0.3, 0.4) is 0 Å². The second-order valence-electron chi connectivity index (χ2n) is 6.22. The highest BCUT2D eigenvalue weighted by molar-refractivity contribution is 5.90. The number of carboxylic acid groups (broad SMARTS) is 1. The van der Waals surface area contributed by atoms with Crippen molar-refractivity contribution in [3.63, 3.8) is 0 Å². The third kappa shape index (κ3) is 4.81. The van der Waals surface area contributed by atoms with Crippen LogP contribution in [0.1, 0.15) is 31.2 Å². The van der Waals surface area contributed by atoms with E-state index in [9.17, 15) is 14.4 Å². The molecule has 3 rings (SSSR count). The number of aromatic nitrogens is 3. The van der Waals surface area contributed by atoms with E-state index in [0.717, 1.165) is 5.56 Å². The standard InChI is InChI=1S/C19H20N4O4/c24-17(9-1-2-10-18(25)26)20-15-7-5-6-14(12-15)13-23-19(27)22-11-4-3-8-16(22)21-23/h3-8,11-12H,1-2,9-10,13H2,(H,20,24)(H,25,26). The molecule has 0 aliphatic carbocycles. The lowest BCUT2D eigenvalue weighted by molar-refractivity contribution is -0.137. The third-order valence-electron chi connectivity index (χ3n) is 4.08. The van der Waals surface area contributed by atoms with Gasteiger partial charge in [0.15, 0.2) is 5.65 Å². The van der Waals surface area contributed by atoms with Crippen molar-refractivity contribution in [3.05, 3.63) is 64.7 Å². The number of nitrogens with zero attached hydrogens (tertiary/aromatic N) is 3. The van der Waals surface area contributed by atoms with Crippen LogP contribution in [-0.4, -0.2) is 31.2 Å². The fourth-order valence-corrected chi connectivity index (χ4v) is 2.78. The Morgan fingerprint density at radius 3 is 2.67 bits per heavy atom. The van der Waals surface area contributed by atoms with E-state index in [1.165, 1.54) is 9.08 Å². The van der Waals surface area contributed by atoms with E-state index in [4.69, 9.17) is 5.11 Å². The SMILES string of the molecule is O=C(O)CCCCC(=O)Nc1cccc(Cn2nc3ccccn3c2=O)c1. The van der Waals surface area contributed by atoms with Crippen molar-refractivity contribution in [1.82, 2.24) is 14.2 Å². The minimum Gasteiger partial charge on any atom is -0.481 e. The molecule has 0 unspecified atom stereocenters. The molecule has 0 saturated carbocycles. The molecule has 1 amide bonds. The summed E-state index contributed by atoms with van der Waals surface area (Å²) in [4.78, 5) is 34.8. The van der Waals surface area contributed by atoms with Crippen molar-refractivity contribution in [2.75, 3.05) is 5.32 Å². The Kier molecular flexibility index (Phi) is 5.65. The van der Waals surface area contributed by atoms with Gasteiger partial charge >= 0.3 is 11.7 Å². The molecule has 2 N–H and O–H groups in total. The summed E-state index contributed by atoms with van der Waals surface area (Å²) in [5.41, 5.74) is 1.82. The fraction of sp³-hybridized carbons (Fsp3) is 0.263. The molecule has 8 heteroatoms. The molecule has 0 aliphatic heterocycles. The maximum absolute atomic E-state index is 12.3. The zero-order valence-electron chi connectivity index (χ0n) is 14.7. The van der Waals surface area contributed by atoms with Gasteiger partial charge in [-0.3, -0.25) is 14.0 Å². The second-order valence-corrected chi connectivity index (χ2v) is 6.22. The van der Waals surface area contributed by atoms with Crippen molar-refractivity contribution in [1.29, 1.82) is 0 Å². The Labute approximate surface area is 155 Å². The smallest absolute Gasteiger partial charge is 0.350 e. The van der Waals surface area contributed by atoms with Crippen molar-refractivity contribution in [2.45, 2.75) is 32.2 Å². The predicted octanol–water partition coefficient (Wildman–Crippen LogP) is 2.13. The largest absolute Gasteiger partial charge is 0.481 e. The van der Waals surface area contributed by atoms with Crippen LogP contribution in [0, 0.1) is 0 Å². The number of anilines is 1. The van der Waals surface area contributed by atoms with E-state index in [2.05, 4.69) is 10.4 Å². The summed E-state index contributed by atoms with van der Waals surface area (Å²) >= 11 is 0. The molecule has 2 heterocycles. The number of amides is 1. The average Bonchev–Trinajstić information content (AvgIpc) is 2.95. The molecule has 0 atom stereocenters. The van der Waals surface area contributed by atoms with Crippen LogP contribution >= 0.6 is 0 Å². The lowest BCUT2D eigenvalue weighted by atomic mass is 10.1. The third-order valence-corrected chi connectivity index (χ3v) is 4.08. The number of pyridine rings is 1. The van der Waals surface area contributed by atoms with Gasteiger partial charge in [0, 0.05) is 24.7 Å². The first-order valence-corrected chi connectivity index (χ1v) is 8.68. The Bertz CT molecular complexity index is 1020. The van der Waals surface area contributed by atoms with Gasteiger partial charge in [0.1, 0.15) is 0 Å². The predicted molar refractivity (Wildman–Crippen MR) is 99.7 cm³/mol. The molecule has 0 saturated heterocycles. The number of aliphatic carboxylic acids is 1. The number of fused-ring (bicyclic) bond motifs is 1. The first kappa shape index (κ1) is 18.4. The number of carbonyl (C=O) groups is 2. The second kappa shape index (κ2) is 8.31. The van der Waals surface area contributed by atoms with Gasteiger partial charge in [-0.2, -0.15) is 0 Å². The Morgan fingerprint density at radius 1 is 1.07 bits per heavy atom. The van der Waals surface area contributed by atoms with Crippen LogP contribution in [0.2, 0.25) is 0 Å². The summed E-state index contributed by atoms with van der Waals surface area (Å²) in [6.45, 7) is 0.294. The minimum absolute atomic E-state index is 0.0660. The fourth-order valence-electron chi connectivity index (χ4n) is 2.78. The van der Waals surface area contributed by atoms with Crippen LogP contribution in [0.4, 0.5) is 5.69 Å². The normalized spacial score (nSPS) is 10.8. The summed E-state index contributed by atoms with van der Waals surface area (Å²) in [7, 11) is 0. The molecular weight excluding hydrogens is 348 g/mol. The topological polar surface area (TPSA) is 106 Å². The van der Waals surface area contributed by atoms with Crippen molar-refractivity contribution in [2.24, 2.45) is 0 Å². The maximum atomic E-state index is 12.3. The van der Waals surface area contributed by atoms with Crippen LogP contribution in [0.25, 0.3) is 5.65 Å². The highest BCUT2D eigenvalue weighted by atomic mass is 16.4. The summed E-state index contributed by atoms with van der Waals surface area (Å²) in [5, 5.41) is 15.7. The van der Waals surface area contributed by atoms with Gasteiger partial charge in [0.05, 0.1) is 6.54 Å². The van der Waals surface area contributed by atoms with E-state index < -0.39 is 5.97 Å². The molecule has 3 aromatic rings. The average molecular weight is 368 g/mol. The van der Waals surface area contributed by atoms with E-state index in [-0.39, 0.29) is 24.4 Å². The quantitative estimate of drug-likeness (QED) is 0.593. The van der Waals surface area contributed by atoms with E-state index in [1.54, 1.807) is 36.5 Å². The summed E-state index contributed by atoms with van der Waals surface area (Å²) in [6.07, 6.45) is 3.00. The highest BCUT2D eigenvalue weighted by Gasteiger charge is 2.08. The minimum atomic E-state index is -0.856. The monoisotopic (exact) mass is 368 g/mol. The summed E-state index contributed by atoms with van der Waals surface area (Å²) in [5.74, 6) is -1.02. The van der Waals surface area contributed by atoms with Crippen LogP contribution in [0.5, 0.6) is 0 Å². The molecule has 8 nitrogen and oxygen atoms in total. The van der Waals surface area contributed by atoms with Gasteiger partial charge in [0.2, 0.25) is 5.91 Å². The van der Waals surface area contributed by atoms with Crippen LogP contribution in [-0.2, 0) is 16.1 Å². The van der Waals surface area contributed by atoms with Crippen LogP contribution in [0.15, 0.2) is 53.5 Å². The molecule has 0 fully saturated rings. The molecular formula is C19H20N4O4. The molecule has 2 aromatic heterocycles. The van der Waals surface area contributed by atoms with Gasteiger partial charge in [-0.25, -0.2) is 9.48 Å². The van der Waals surface area contributed by atoms with Gasteiger partial charge in [-0.05, 0) is 42.7 Å².